The van der Waals surface area contributed by atoms with Crippen molar-refractivity contribution in [3.05, 3.63) is 59.9 Å². The van der Waals surface area contributed by atoms with E-state index in [9.17, 15) is 9.59 Å². The molecule has 1 N–H and O–H groups in total. The van der Waals surface area contributed by atoms with Gasteiger partial charge in [0.15, 0.2) is 17.1 Å². The van der Waals surface area contributed by atoms with Crippen LogP contribution >= 0.6 is 0 Å². The normalized spacial score (nSPS) is 15.0. The van der Waals surface area contributed by atoms with Gasteiger partial charge in [0, 0.05) is 18.2 Å². The number of amides is 1. The van der Waals surface area contributed by atoms with Crippen molar-refractivity contribution in [1.82, 2.24) is 5.32 Å². The lowest BCUT2D eigenvalue weighted by atomic mass is 10.1. The number of nitrogens with one attached hydrogen (secondary N) is 1. The minimum atomic E-state index is -0.961. The predicted molar refractivity (Wildman–Crippen MR) is 155 cm³/mol. The minimum absolute atomic E-state index is 0.152. The molecule has 0 saturated heterocycles. The number of unbranched alkanes of at least 4 members (excludes halogenated alkanes) is 12. The van der Waals surface area contributed by atoms with E-state index in [1.807, 2.05) is 30.3 Å². The summed E-state index contributed by atoms with van der Waals surface area (Å²) in [6.07, 6.45) is 22.9. The Morgan fingerprint density at radius 3 is 2.05 bits per heavy atom. The Labute approximate surface area is 229 Å². The second-order valence-electron chi connectivity index (χ2n) is 10.5. The van der Waals surface area contributed by atoms with E-state index >= 15 is 0 Å². The van der Waals surface area contributed by atoms with Crippen LogP contribution in [0.3, 0.4) is 0 Å². The maximum Gasteiger partial charge on any atom is 0.433 e. The van der Waals surface area contributed by atoms with Gasteiger partial charge in [-0.3, -0.25) is 9.63 Å². The zero-order chi connectivity index (χ0) is 27.5. The molecule has 0 saturated carbocycles. The van der Waals surface area contributed by atoms with E-state index in [4.69, 9.17) is 9.57 Å². The molecule has 6 nitrogen and oxygen atoms in total. The van der Waals surface area contributed by atoms with Gasteiger partial charge in [-0.25, -0.2) is 4.79 Å². The molecule has 1 aromatic rings. The van der Waals surface area contributed by atoms with Gasteiger partial charge in [-0.15, -0.1) is 0 Å². The Balaban J connectivity index is 1.55. The van der Waals surface area contributed by atoms with Gasteiger partial charge in [0.05, 0.1) is 0 Å². The number of oxime groups is 1. The topological polar surface area (TPSA) is 77.0 Å². The second-order valence-corrected chi connectivity index (χ2v) is 10.5. The van der Waals surface area contributed by atoms with Gasteiger partial charge in [0.25, 0.3) is 0 Å². The smallest absolute Gasteiger partial charge is 0.433 e. The molecular formula is C32H48N2O4. The van der Waals surface area contributed by atoms with E-state index in [0.717, 1.165) is 12.8 Å². The van der Waals surface area contributed by atoms with Crippen LogP contribution in [0, 0.1) is 0 Å². The summed E-state index contributed by atoms with van der Waals surface area (Å²) in [5, 5.41) is 6.77. The fraction of sp³-hybridized carbons (Fsp3) is 0.594. The van der Waals surface area contributed by atoms with Crippen molar-refractivity contribution in [2.24, 2.45) is 5.16 Å². The lowest BCUT2D eigenvalue weighted by Crippen LogP contribution is -2.28. The van der Waals surface area contributed by atoms with Crippen LogP contribution in [-0.4, -0.2) is 29.7 Å². The number of ether oxygens (including phenoxy) is 1. The average Bonchev–Trinajstić information content (AvgIpc) is 3.18. The fourth-order valence-corrected chi connectivity index (χ4v) is 4.28. The number of nitrogens with zero attached hydrogens (tertiary/aromatic N) is 1. The Morgan fingerprint density at radius 2 is 1.47 bits per heavy atom. The van der Waals surface area contributed by atoms with E-state index < -0.39 is 11.7 Å². The van der Waals surface area contributed by atoms with Crippen LogP contribution in [0.1, 0.15) is 116 Å². The molecule has 38 heavy (non-hydrogen) atoms. The molecule has 0 aromatic heterocycles. The molecule has 1 amide bonds. The summed E-state index contributed by atoms with van der Waals surface area (Å²) < 4.78 is 5.77. The number of rotatable bonds is 19. The fourth-order valence-electron chi connectivity index (χ4n) is 4.28. The van der Waals surface area contributed by atoms with Gasteiger partial charge in [-0.2, -0.15) is 0 Å². The number of allylic oxidation sites excluding steroid dienone is 3. The third kappa shape index (κ3) is 12.6. The Kier molecular flexibility index (Phi) is 15.1. The van der Waals surface area contributed by atoms with Gasteiger partial charge in [-0.05, 0) is 46.0 Å². The van der Waals surface area contributed by atoms with Crippen molar-refractivity contribution in [3.8, 4) is 0 Å². The molecule has 0 radical (unpaired) electrons. The maximum atomic E-state index is 12.2. The SMILES string of the molecule is CCCCCCCC/C=C\CCCCCCCCNC(=O)ON=C(C1=CC(=O)C(C)(C)O1)c1ccccc1. The minimum Gasteiger partial charge on any atom is -0.477 e. The van der Waals surface area contributed by atoms with E-state index in [-0.39, 0.29) is 5.78 Å². The van der Waals surface area contributed by atoms with Crippen molar-refractivity contribution < 1.29 is 19.2 Å². The van der Waals surface area contributed by atoms with Crippen LogP contribution in [-0.2, 0) is 14.4 Å². The van der Waals surface area contributed by atoms with E-state index in [2.05, 4.69) is 29.5 Å². The Hall–Kier alpha value is -2.89. The van der Waals surface area contributed by atoms with Crippen LogP contribution in [0.25, 0.3) is 0 Å². The molecule has 0 atom stereocenters. The van der Waals surface area contributed by atoms with Crippen molar-refractivity contribution >= 4 is 17.6 Å². The highest BCUT2D eigenvalue weighted by atomic mass is 16.7. The van der Waals surface area contributed by atoms with Crippen LogP contribution < -0.4 is 5.32 Å². The van der Waals surface area contributed by atoms with Crippen molar-refractivity contribution in [2.45, 2.75) is 116 Å². The van der Waals surface area contributed by atoms with E-state index in [1.54, 1.807) is 13.8 Å². The highest BCUT2D eigenvalue weighted by Crippen LogP contribution is 2.27. The van der Waals surface area contributed by atoms with E-state index in [0.29, 0.717) is 23.6 Å². The molecular weight excluding hydrogens is 476 g/mol. The third-order valence-corrected chi connectivity index (χ3v) is 6.68. The van der Waals surface area contributed by atoms with Crippen LogP contribution in [0.2, 0.25) is 0 Å². The first-order chi connectivity index (χ1) is 18.4. The molecule has 210 valence electrons. The van der Waals surface area contributed by atoms with Crippen LogP contribution in [0.5, 0.6) is 0 Å². The Bertz CT molecular complexity index is 919. The highest BCUT2D eigenvalue weighted by molar-refractivity contribution is 6.16. The van der Waals surface area contributed by atoms with E-state index in [1.165, 1.54) is 83.1 Å². The lowest BCUT2D eigenvalue weighted by molar-refractivity contribution is -0.126. The van der Waals surface area contributed by atoms with Gasteiger partial charge in [-0.1, -0.05) is 112 Å². The maximum absolute atomic E-state index is 12.2. The lowest BCUT2D eigenvalue weighted by Gasteiger charge is -2.18. The summed E-state index contributed by atoms with van der Waals surface area (Å²) in [6.45, 7) is 6.20. The first-order valence-electron chi connectivity index (χ1n) is 14.6. The average molecular weight is 525 g/mol. The number of hydrogen-bond donors (Lipinski definition) is 1. The molecule has 1 aromatic carbocycles. The molecule has 6 heteroatoms. The summed E-state index contributed by atoms with van der Waals surface area (Å²) in [7, 11) is 0. The second kappa shape index (κ2) is 18.4. The molecule has 1 aliphatic rings. The summed E-state index contributed by atoms with van der Waals surface area (Å²) >= 11 is 0. The molecule has 2 rings (SSSR count). The van der Waals surface area contributed by atoms with Gasteiger partial charge >= 0.3 is 6.09 Å². The van der Waals surface area contributed by atoms with Gasteiger partial charge in [0.1, 0.15) is 0 Å². The third-order valence-electron chi connectivity index (χ3n) is 6.68. The first kappa shape index (κ1) is 31.3. The zero-order valence-electron chi connectivity index (χ0n) is 23.8. The zero-order valence-corrected chi connectivity index (χ0v) is 23.8. The van der Waals surface area contributed by atoms with Gasteiger partial charge in [0.2, 0.25) is 5.78 Å². The molecule has 0 spiro atoms. The molecule has 1 aliphatic heterocycles. The number of ketones is 1. The summed E-state index contributed by atoms with van der Waals surface area (Å²) in [5.41, 5.74) is 0.0548. The number of carbonyl (C=O) groups is 2. The summed E-state index contributed by atoms with van der Waals surface area (Å²) in [4.78, 5) is 29.5. The Morgan fingerprint density at radius 1 is 0.895 bits per heavy atom. The summed E-state index contributed by atoms with van der Waals surface area (Å²) in [6, 6.07) is 9.23. The number of carbonyl (C=O) groups excluding carboxylic acids is 2. The van der Waals surface area contributed by atoms with Crippen LogP contribution in [0.15, 0.2) is 59.5 Å². The van der Waals surface area contributed by atoms with Crippen LogP contribution in [0.4, 0.5) is 4.79 Å². The van der Waals surface area contributed by atoms with Crippen molar-refractivity contribution in [2.75, 3.05) is 6.54 Å². The summed E-state index contributed by atoms with van der Waals surface area (Å²) in [5.74, 6) is 0.146. The largest absolute Gasteiger partial charge is 0.477 e. The highest BCUT2D eigenvalue weighted by Gasteiger charge is 2.37. The molecule has 0 fully saturated rings. The molecule has 0 unspecified atom stereocenters. The molecule has 0 aliphatic carbocycles. The standard InChI is InChI=1S/C32H48N2O4/c1-4-5-6-7-8-9-10-11-12-13-14-15-16-17-18-22-25-33-31(36)38-34-30(27-23-20-19-21-24-27)28-26-29(35)32(2,3)37-28/h11-12,19-21,23-24,26H,4-10,13-18,22,25H2,1-3H3,(H,33,36)/b12-11-,34-30?. The molecule has 1 heterocycles. The van der Waals surface area contributed by atoms with Crippen molar-refractivity contribution in [3.63, 3.8) is 0 Å². The number of hydrogen-bond acceptors (Lipinski definition) is 5. The number of benzene rings is 1. The first-order valence-corrected chi connectivity index (χ1v) is 14.6. The quantitative estimate of drug-likeness (QED) is 0.0648. The van der Waals surface area contributed by atoms with Crippen molar-refractivity contribution in [1.29, 1.82) is 0 Å². The molecule has 0 bridgehead atoms. The predicted octanol–water partition coefficient (Wildman–Crippen LogP) is 8.42. The monoisotopic (exact) mass is 524 g/mol. The van der Waals surface area contributed by atoms with Gasteiger partial charge < -0.3 is 10.1 Å².